The molecule has 3 aromatic heterocycles. The van der Waals surface area contributed by atoms with E-state index in [0.29, 0.717) is 61.7 Å². The first-order chi connectivity index (χ1) is 19.3. The first kappa shape index (κ1) is 25.5. The maximum Gasteiger partial charge on any atom is 0.411 e. The Hall–Kier alpha value is -4.77. The molecule has 0 aliphatic carbocycles. The van der Waals surface area contributed by atoms with Gasteiger partial charge in [0, 0.05) is 17.7 Å². The Morgan fingerprint density at radius 3 is 2.67 bits per heavy atom. The standard InChI is InChI=1S/C28H23ClN4O7/c1-14-6-17(25-20(7-14)32-24(37-3)11-31-25)21-8-18-26(40-21)19(29)9-22-27(18)38-13-16(39-22)12-33(28(34)35)15-4-5-23(36-2)30-10-15/h4-11,16H,12-13H2,1-3H3,(H,34,35). The van der Waals surface area contributed by atoms with Gasteiger partial charge < -0.3 is 28.5 Å². The maximum absolute atomic E-state index is 12.0. The summed E-state index contributed by atoms with van der Waals surface area (Å²) in [6.07, 6.45) is 1.23. The van der Waals surface area contributed by atoms with Crippen LogP contribution < -0.4 is 23.8 Å². The molecule has 0 radical (unpaired) electrons. The number of anilines is 1. The van der Waals surface area contributed by atoms with Gasteiger partial charge in [0.2, 0.25) is 11.8 Å². The smallest absolute Gasteiger partial charge is 0.411 e. The third kappa shape index (κ3) is 4.54. The Morgan fingerprint density at radius 2 is 1.95 bits per heavy atom. The van der Waals surface area contributed by atoms with Crippen LogP contribution in [-0.2, 0) is 0 Å². The van der Waals surface area contributed by atoms with Crippen molar-refractivity contribution >= 4 is 45.4 Å². The molecule has 1 unspecified atom stereocenters. The Labute approximate surface area is 232 Å². The van der Waals surface area contributed by atoms with Crippen molar-refractivity contribution in [2.45, 2.75) is 13.0 Å². The number of hydrogen-bond acceptors (Lipinski definition) is 9. The highest BCUT2D eigenvalue weighted by atomic mass is 35.5. The predicted octanol–water partition coefficient (Wildman–Crippen LogP) is 5.74. The molecule has 1 N–H and O–H groups in total. The largest absolute Gasteiger partial charge is 0.485 e. The lowest BCUT2D eigenvalue weighted by molar-refractivity contribution is 0.0960. The van der Waals surface area contributed by atoms with Gasteiger partial charge in [-0.15, -0.1) is 0 Å². The summed E-state index contributed by atoms with van der Waals surface area (Å²) in [7, 11) is 3.03. The minimum Gasteiger partial charge on any atom is -0.485 e. The van der Waals surface area contributed by atoms with Gasteiger partial charge in [-0.05, 0) is 36.8 Å². The average Bonchev–Trinajstić information content (AvgIpc) is 3.41. The molecule has 6 rings (SSSR count). The number of amides is 1. The Kier molecular flexibility index (Phi) is 6.43. The van der Waals surface area contributed by atoms with E-state index in [4.69, 9.17) is 35.0 Å². The summed E-state index contributed by atoms with van der Waals surface area (Å²) >= 11 is 6.61. The second kappa shape index (κ2) is 10.1. The van der Waals surface area contributed by atoms with Gasteiger partial charge >= 0.3 is 6.09 Å². The van der Waals surface area contributed by atoms with E-state index in [0.717, 1.165) is 16.0 Å². The molecule has 204 valence electrons. The Balaban J connectivity index is 1.33. The van der Waals surface area contributed by atoms with Crippen molar-refractivity contribution in [1.82, 2.24) is 15.0 Å². The minimum absolute atomic E-state index is 0.00644. The van der Waals surface area contributed by atoms with Crippen LogP contribution in [0.1, 0.15) is 5.56 Å². The summed E-state index contributed by atoms with van der Waals surface area (Å²) in [6, 6.07) is 10.5. The highest BCUT2D eigenvalue weighted by Crippen LogP contribution is 2.46. The van der Waals surface area contributed by atoms with Crippen LogP contribution in [0.25, 0.3) is 33.3 Å². The molecular weight excluding hydrogens is 540 g/mol. The van der Waals surface area contributed by atoms with Crippen LogP contribution in [0.3, 0.4) is 0 Å². The first-order valence-electron chi connectivity index (χ1n) is 12.2. The summed E-state index contributed by atoms with van der Waals surface area (Å²) in [4.78, 5) is 26.3. The predicted molar refractivity (Wildman–Crippen MR) is 147 cm³/mol. The number of nitrogens with zero attached hydrogens (tertiary/aromatic N) is 4. The van der Waals surface area contributed by atoms with Gasteiger partial charge in [0.05, 0.1) is 60.3 Å². The fourth-order valence-corrected chi connectivity index (χ4v) is 4.89. The van der Waals surface area contributed by atoms with Crippen LogP contribution >= 0.6 is 11.6 Å². The van der Waals surface area contributed by atoms with Crippen LogP contribution in [0, 0.1) is 6.92 Å². The van der Waals surface area contributed by atoms with Gasteiger partial charge in [0.25, 0.3) is 0 Å². The number of fused-ring (bicyclic) bond motifs is 4. The zero-order valence-corrected chi connectivity index (χ0v) is 22.4. The summed E-state index contributed by atoms with van der Waals surface area (Å²) in [5.74, 6) is 2.17. The Bertz CT molecular complexity index is 1760. The molecule has 1 aliphatic heterocycles. The third-order valence-corrected chi connectivity index (χ3v) is 6.77. The number of pyridine rings is 1. The molecule has 12 heteroatoms. The Morgan fingerprint density at radius 1 is 1.12 bits per heavy atom. The van der Waals surface area contributed by atoms with Crippen molar-refractivity contribution < 1.29 is 33.3 Å². The topological polar surface area (TPSA) is 129 Å². The van der Waals surface area contributed by atoms with Crippen molar-refractivity contribution in [2.24, 2.45) is 0 Å². The number of carboxylic acid groups (broad SMARTS) is 1. The highest BCUT2D eigenvalue weighted by Gasteiger charge is 2.30. The van der Waals surface area contributed by atoms with Gasteiger partial charge in [-0.3, -0.25) is 4.90 Å². The third-order valence-electron chi connectivity index (χ3n) is 6.48. The molecule has 2 aromatic carbocycles. The number of methoxy groups -OCH3 is 2. The molecule has 40 heavy (non-hydrogen) atoms. The fraction of sp³-hybridized carbons (Fsp3) is 0.214. The molecule has 0 saturated heterocycles. The molecule has 11 nitrogen and oxygen atoms in total. The number of aromatic nitrogens is 3. The first-order valence-corrected chi connectivity index (χ1v) is 12.6. The molecule has 1 amide bonds. The number of carbonyl (C=O) groups is 1. The van der Waals surface area contributed by atoms with Crippen molar-refractivity contribution in [3.63, 3.8) is 0 Å². The van der Waals surface area contributed by atoms with Gasteiger partial charge in [-0.2, -0.15) is 0 Å². The van der Waals surface area contributed by atoms with E-state index in [1.54, 1.807) is 31.5 Å². The molecule has 0 saturated carbocycles. The lowest BCUT2D eigenvalue weighted by Crippen LogP contribution is -2.43. The van der Waals surface area contributed by atoms with Crippen LogP contribution in [0.5, 0.6) is 23.3 Å². The molecule has 0 fully saturated rings. The van der Waals surface area contributed by atoms with E-state index in [-0.39, 0.29) is 13.2 Å². The average molecular weight is 563 g/mol. The highest BCUT2D eigenvalue weighted by molar-refractivity contribution is 6.35. The zero-order chi connectivity index (χ0) is 28.0. The van der Waals surface area contributed by atoms with E-state index in [2.05, 4.69) is 15.0 Å². The van der Waals surface area contributed by atoms with Crippen LogP contribution in [0.4, 0.5) is 10.5 Å². The molecular formula is C28H23ClN4O7. The van der Waals surface area contributed by atoms with Crippen LogP contribution in [-0.4, -0.2) is 59.6 Å². The van der Waals surface area contributed by atoms with E-state index in [1.165, 1.54) is 13.3 Å². The van der Waals surface area contributed by atoms with Crippen LogP contribution in [0.2, 0.25) is 5.02 Å². The lowest BCUT2D eigenvalue weighted by Gasteiger charge is -2.30. The van der Waals surface area contributed by atoms with Crippen molar-refractivity contribution in [3.05, 3.63) is 59.4 Å². The summed E-state index contributed by atoms with van der Waals surface area (Å²) in [6.45, 7) is 2.07. The molecule has 0 bridgehead atoms. The lowest BCUT2D eigenvalue weighted by atomic mass is 10.1. The van der Waals surface area contributed by atoms with E-state index < -0.39 is 12.2 Å². The molecule has 1 aliphatic rings. The quantitative estimate of drug-likeness (QED) is 0.273. The SMILES string of the molecule is COc1ccc(N(CC2COc3c(cc(Cl)c4oc(-c5cc(C)cc6nc(OC)cnc56)cc34)O2)C(=O)O)cn1. The minimum atomic E-state index is -1.15. The van der Waals surface area contributed by atoms with Crippen molar-refractivity contribution in [1.29, 1.82) is 0 Å². The summed E-state index contributed by atoms with van der Waals surface area (Å²) in [5.41, 5.74) is 3.84. The number of furan rings is 1. The number of halogens is 1. The van der Waals surface area contributed by atoms with Gasteiger partial charge in [0.1, 0.15) is 12.4 Å². The van der Waals surface area contributed by atoms with Crippen molar-refractivity contribution in [3.8, 4) is 34.6 Å². The molecule has 0 spiro atoms. The second-order valence-corrected chi connectivity index (χ2v) is 9.54. The number of hydrogen-bond donors (Lipinski definition) is 1. The van der Waals surface area contributed by atoms with Gasteiger partial charge in [-0.25, -0.2) is 19.7 Å². The van der Waals surface area contributed by atoms with E-state index in [9.17, 15) is 9.90 Å². The zero-order valence-electron chi connectivity index (χ0n) is 21.7. The van der Waals surface area contributed by atoms with Gasteiger partial charge in [0.15, 0.2) is 23.2 Å². The number of benzene rings is 2. The molecule has 4 heterocycles. The fourth-order valence-electron chi connectivity index (χ4n) is 4.65. The normalized spacial score (nSPS) is 14.3. The van der Waals surface area contributed by atoms with Crippen molar-refractivity contribution in [2.75, 3.05) is 32.3 Å². The number of rotatable bonds is 6. The van der Waals surface area contributed by atoms with E-state index in [1.807, 2.05) is 25.1 Å². The maximum atomic E-state index is 12.0. The number of ether oxygens (including phenoxy) is 4. The van der Waals surface area contributed by atoms with Gasteiger partial charge in [-0.1, -0.05) is 11.6 Å². The van der Waals surface area contributed by atoms with E-state index >= 15 is 0 Å². The molecule has 5 aromatic rings. The number of aryl methyl sites for hydroxylation is 1. The second-order valence-electron chi connectivity index (χ2n) is 9.13. The monoisotopic (exact) mass is 562 g/mol. The summed E-state index contributed by atoms with van der Waals surface area (Å²) in [5, 5.41) is 10.8. The molecule has 1 atom stereocenters. The van der Waals surface area contributed by atoms with Crippen LogP contribution in [0.15, 0.2) is 53.2 Å². The summed E-state index contributed by atoms with van der Waals surface area (Å²) < 4.78 is 28.7.